The number of hydrogen-bond acceptors (Lipinski definition) is 5. The lowest BCUT2D eigenvalue weighted by atomic mass is 10.00. The SMILES string of the molecule is CCCNc1ncnc(NCC(C)(O)CCC)c1C(C)C. The van der Waals surface area contributed by atoms with E-state index in [0.29, 0.717) is 12.5 Å². The molecule has 0 aliphatic heterocycles. The highest BCUT2D eigenvalue weighted by Gasteiger charge is 2.21. The summed E-state index contributed by atoms with van der Waals surface area (Å²) >= 11 is 0. The molecule has 5 heteroatoms. The van der Waals surface area contributed by atoms with Crippen LogP contribution in [0.15, 0.2) is 6.33 Å². The smallest absolute Gasteiger partial charge is 0.135 e. The highest BCUT2D eigenvalue weighted by Crippen LogP contribution is 2.28. The molecule has 1 aromatic rings. The average molecular weight is 294 g/mol. The van der Waals surface area contributed by atoms with Crippen molar-refractivity contribution in [3.8, 4) is 0 Å². The number of rotatable bonds is 9. The molecule has 1 rings (SSSR count). The van der Waals surface area contributed by atoms with Gasteiger partial charge in [0.2, 0.25) is 0 Å². The van der Waals surface area contributed by atoms with E-state index in [9.17, 15) is 5.11 Å². The first-order valence-corrected chi connectivity index (χ1v) is 7.96. The van der Waals surface area contributed by atoms with Gasteiger partial charge >= 0.3 is 0 Å². The van der Waals surface area contributed by atoms with E-state index in [1.165, 1.54) is 0 Å². The van der Waals surface area contributed by atoms with Crippen molar-refractivity contribution in [3.05, 3.63) is 11.9 Å². The first kappa shape index (κ1) is 17.7. The van der Waals surface area contributed by atoms with Crippen LogP contribution in [0.4, 0.5) is 11.6 Å². The maximum Gasteiger partial charge on any atom is 0.135 e. The Kier molecular flexibility index (Phi) is 6.89. The minimum Gasteiger partial charge on any atom is -0.388 e. The number of nitrogens with one attached hydrogen (secondary N) is 2. The molecule has 0 amide bonds. The van der Waals surface area contributed by atoms with Gasteiger partial charge in [-0.15, -0.1) is 0 Å². The molecule has 0 aliphatic carbocycles. The van der Waals surface area contributed by atoms with E-state index in [4.69, 9.17) is 0 Å². The van der Waals surface area contributed by atoms with Crippen LogP contribution in [0.2, 0.25) is 0 Å². The number of anilines is 2. The van der Waals surface area contributed by atoms with Crippen LogP contribution in [0.1, 0.15) is 65.4 Å². The second kappa shape index (κ2) is 8.17. The predicted octanol–water partition coefficient (Wildman–Crippen LogP) is 3.38. The van der Waals surface area contributed by atoms with Crippen LogP contribution in [-0.2, 0) is 0 Å². The van der Waals surface area contributed by atoms with E-state index < -0.39 is 5.60 Å². The zero-order valence-corrected chi connectivity index (χ0v) is 14.0. The molecule has 0 bridgehead atoms. The quantitative estimate of drug-likeness (QED) is 0.651. The zero-order chi connectivity index (χ0) is 15.9. The van der Waals surface area contributed by atoms with E-state index in [1.54, 1.807) is 6.33 Å². The summed E-state index contributed by atoms with van der Waals surface area (Å²) in [5.41, 5.74) is 0.364. The van der Waals surface area contributed by atoms with Crippen molar-refractivity contribution in [1.29, 1.82) is 0 Å². The number of hydrogen-bond donors (Lipinski definition) is 3. The Labute approximate surface area is 128 Å². The van der Waals surface area contributed by atoms with E-state index in [1.807, 2.05) is 6.92 Å². The molecule has 21 heavy (non-hydrogen) atoms. The molecule has 3 N–H and O–H groups in total. The van der Waals surface area contributed by atoms with Crippen molar-refractivity contribution in [2.45, 2.75) is 65.4 Å². The van der Waals surface area contributed by atoms with Gasteiger partial charge in [-0.05, 0) is 25.7 Å². The van der Waals surface area contributed by atoms with Crippen LogP contribution in [0.25, 0.3) is 0 Å². The summed E-state index contributed by atoms with van der Waals surface area (Å²) in [6.07, 6.45) is 4.35. The summed E-state index contributed by atoms with van der Waals surface area (Å²) in [7, 11) is 0. The molecule has 5 nitrogen and oxygen atoms in total. The van der Waals surface area contributed by atoms with Crippen LogP contribution in [0.5, 0.6) is 0 Å². The van der Waals surface area contributed by atoms with Crippen LogP contribution in [0, 0.1) is 0 Å². The van der Waals surface area contributed by atoms with Gasteiger partial charge in [0, 0.05) is 18.7 Å². The van der Waals surface area contributed by atoms with Crippen LogP contribution in [-0.4, -0.2) is 33.8 Å². The molecule has 0 aromatic carbocycles. The number of nitrogens with zero attached hydrogens (tertiary/aromatic N) is 2. The van der Waals surface area contributed by atoms with E-state index in [-0.39, 0.29) is 0 Å². The summed E-state index contributed by atoms with van der Waals surface area (Å²) < 4.78 is 0. The lowest BCUT2D eigenvalue weighted by Crippen LogP contribution is -2.33. The zero-order valence-electron chi connectivity index (χ0n) is 14.0. The monoisotopic (exact) mass is 294 g/mol. The van der Waals surface area contributed by atoms with Crippen LogP contribution >= 0.6 is 0 Å². The summed E-state index contributed by atoms with van der Waals surface area (Å²) in [4.78, 5) is 8.71. The van der Waals surface area contributed by atoms with Gasteiger partial charge in [0.1, 0.15) is 18.0 Å². The molecule has 1 unspecified atom stereocenters. The molecule has 0 spiro atoms. The molecule has 120 valence electrons. The topological polar surface area (TPSA) is 70.1 Å². The van der Waals surface area contributed by atoms with Crippen LogP contribution in [0.3, 0.4) is 0 Å². The largest absolute Gasteiger partial charge is 0.388 e. The Bertz CT molecular complexity index is 432. The number of aromatic nitrogens is 2. The third-order valence-electron chi connectivity index (χ3n) is 3.43. The first-order chi connectivity index (χ1) is 9.91. The normalized spacial score (nSPS) is 14.0. The van der Waals surface area contributed by atoms with Gasteiger partial charge in [-0.1, -0.05) is 34.1 Å². The molecular weight excluding hydrogens is 264 g/mol. The van der Waals surface area contributed by atoms with Gasteiger partial charge in [-0.3, -0.25) is 0 Å². The predicted molar refractivity (Wildman–Crippen MR) is 88.9 cm³/mol. The molecule has 0 aliphatic rings. The first-order valence-electron chi connectivity index (χ1n) is 7.96. The molecule has 1 heterocycles. The molecule has 0 saturated heterocycles. The van der Waals surface area contributed by atoms with Gasteiger partial charge in [0.25, 0.3) is 0 Å². The summed E-state index contributed by atoms with van der Waals surface area (Å²) in [6, 6.07) is 0. The Morgan fingerprint density at radius 3 is 2.29 bits per heavy atom. The summed E-state index contributed by atoms with van der Waals surface area (Å²) in [5.74, 6) is 2.01. The van der Waals surface area contributed by atoms with Gasteiger partial charge < -0.3 is 15.7 Å². The fraction of sp³-hybridized carbons (Fsp3) is 0.750. The Hall–Kier alpha value is -1.36. The third kappa shape index (κ3) is 5.50. The standard InChI is InChI=1S/C16H30N4O/c1-6-8-16(5,21)10-18-15-13(12(3)4)14(17-9-7-2)19-11-20-15/h11-12,21H,6-10H2,1-5H3,(H2,17,18,19,20). The van der Waals surface area contributed by atoms with Crippen molar-refractivity contribution in [1.82, 2.24) is 9.97 Å². The molecule has 0 fully saturated rings. The maximum atomic E-state index is 10.3. The van der Waals surface area contributed by atoms with Gasteiger partial charge in [0.15, 0.2) is 0 Å². The highest BCUT2D eigenvalue weighted by atomic mass is 16.3. The minimum atomic E-state index is -0.717. The second-order valence-electron chi connectivity index (χ2n) is 6.17. The van der Waals surface area contributed by atoms with Crippen molar-refractivity contribution in [2.75, 3.05) is 23.7 Å². The second-order valence-corrected chi connectivity index (χ2v) is 6.17. The molecular formula is C16H30N4O. The van der Waals surface area contributed by atoms with Crippen molar-refractivity contribution >= 4 is 11.6 Å². The molecule has 1 atom stereocenters. The van der Waals surface area contributed by atoms with E-state index >= 15 is 0 Å². The Morgan fingerprint density at radius 1 is 1.14 bits per heavy atom. The van der Waals surface area contributed by atoms with Crippen molar-refractivity contribution in [3.63, 3.8) is 0 Å². The molecule has 0 saturated carbocycles. The summed E-state index contributed by atoms with van der Waals surface area (Å²) in [6.45, 7) is 11.7. The Balaban J connectivity index is 2.90. The minimum absolute atomic E-state index is 0.309. The van der Waals surface area contributed by atoms with E-state index in [2.05, 4.69) is 48.3 Å². The number of aliphatic hydroxyl groups is 1. The van der Waals surface area contributed by atoms with Crippen LogP contribution < -0.4 is 10.6 Å². The van der Waals surface area contributed by atoms with Crippen molar-refractivity contribution < 1.29 is 5.11 Å². The summed E-state index contributed by atoms with van der Waals surface area (Å²) in [5, 5.41) is 16.9. The van der Waals surface area contributed by atoms with Crippen molar-refractivity contribution in [2.24, 2.45) is 0 Å². The lowest BCUT2D eigenvalue weighted by molar-refractivity contribution is 0.0636. The molecule has 1 aromatic heterocycles. The fourth-order valence-corrected chi connectivity index (χ4v) is 2.37. The van der Waals surface area contributed by atoms with E-state index in [0.717, 1.165) is 43.0 Å². The lowest BCUT2D eigenvalue weighted by Gasteiger charge is -2.25. The Morgan fingerprint density at radius 2 is 1.76 bits per heavy atom. The molecule has 0 radical (unpaired) electrons. The average Bonchev–Trinajstić information content (AvgIpc) is 2.42. The van der Waals surface area contributed by atoms with Gasteiger partial charge in [-0.2, -0.15) is 0 Å². The fourth-order valence-electron chi connectivity index (χ4n) is 2.37. The third-order valence-corrected chi connectivity index (χ3v) is 3.43. The van der Waals surface area contributed by atoms with Gasteiger partial charge in [-0.25, -0.2) is 9.97 Å². The van der Waals surface area contributed by atoms with Gasteiger partial charge in [0.05, 0.1) is 5.60 Å². The maximum absolute atomic E-state index is 10.3. The highest BCUT2D eigenvalue weighted by molar-refractivity contribution is 5.59.